The number of thioether (sulfide) groups is 1. The standard InChI is InChI=1S/C17H23N3S2/c18-10-5-1-2-6-11-19-17-20-16-13-7-3-4-8-14(13)21-12-9-15(16)22-17/h3-4,7-8H,1-2,5-6,9-12,18H2,(H,19,20). The van der Waals surface area contributed by atoms with E-state index in [1.54, 1.807) is 0 Å². The number of thiazole rings is 1. The predicted molar refractivity (Wildman–Crippen MR) is 98.0 cm³/mol. The first kappa shape index (κ1) is 15.8. The highest BCUT2D eigenvalue weighted by Gasteiger charge is 2.19. The van der Waals surface area contributed by atoms with Gasteiger partial charge < -0.3 is 11.1 Å². The number of anilines is 1. The van der Waals surface area contributed by atoms with Gasteiger partial charge in [-0.2, -0.15) is 0 Å². The third-order valence-electron chi connectivity index (χ3n) is 3.83. The van der Waals surface area contributed by atoms with E-state index in [1.165, 1.54) is 40.3 Å². The fourth-order valence-electron chi connectivity index (χ4n) is 2.67. The van der Waals surface area contributed by atoms with Crippen LogP contribution in [0.5, 0.6) is 0 Å². The Kier molecular flexibility index (Phi) is 5.76. The van der Waals surface area contributed by atoms with E-state index < -0.39 is 0 Å². The van der Waals surface area contributed by atoms with Crippen molar-refractivity contribution in [3.05, 3.63) is 29.1 Å². The molecule has 1 aliphatic heterocycles. The number of nitrogens with one attached hydrogen (secondary N) is 1. The minimum atomic E-state index is 0.810. The van der Waals surface area contributed by atoms with Crippen LogP contribution in [0, 0.1) is 0 Å². The quantitative estimate of drug-likeness (QED) is 0.738. The maximum atomic E-state index is 5.52. The first-order valence-corrected chi connectivity index (χ1v) is 9.84. The highest BCUT2D eigenvalue weighted by Crippen LogP contribution is 2.40. The summed E-state index contributed by atoms with van der Waals surface area (Å²) in [6.07, 6.45) is 5.92. The Hall–Kier alpha value is -1.04. The van der Waals surface area contributed by atoms with Crippen LogP contribution in [0.4, 0.5) is 5.13 Å². The SMILES string of the molecule is NCCCCCCNc1nc2c(s1)CCSc1ccccc1-2. The van der Waals surface area contributed by atoms with Gasteiger partial charge in [-0.15, -0.1) is 23.1 Å². The second kappa shape index (κ2) is 7.99. The Morgan fingerprint density at radius 1 is 1.14 bits per heavy atom. The molecule has 22 heavy (non-hydrogen) atoms. The van der Waals surface area contributed by atoms with Crippen molar-refractivity contribution in [1.82, 2.24) is 4.98 Å². The van der Waals surface area contributed by atoms with Crippen molar-refractivity contribution in [3.63, 3.8) is 0 Å². The van der Waals surface area contributed by atoms with Gasteiger partial charge in [0.05, 0.1) is 5.69 Å². The molecule has 1 aromatic heterocycles. The first-order valence-electron chi connectivity index (χ1n) is 8.04. The number of benzene rings is 1. The van der Waals surface area contributed by atoms with Crippen molar-refractivity contribution in [2.75, 3.05) is 24.2 Å². The maximum Gasteiger partial charge on any atom is 0.183 e. The minimum Gasteiger partial charge on any atom is -0.361 e. The van der Waals surface area contributed by atoms with Gasteiger partial charge in [-0.25, -0.2) is 4.98 Å². The number of unbranched alkanes of at least 4 members (excludes halogenated alkanes) is 3. The van der Waals surface area contributed by atoms with Crippen molar-refractivity contribution < 1.29 is 0 Å². The summed E-state index contributed by atoms with van der Waals surface area (Å²) in [5.74, 6) is 1.14. The van der Waals surface area contributed by atoms with Crippen LogP contribution < -0.4 is 11.1 Å². The normalized spacial score (nSPS) is 13.3. The van der Waals surface area contributed by atoms with Crippen molar-refractivity contribution >= 4 is 28.2 Å². The molecular weight excluding hydrogens is 310 g/mol. The summed E-state index contributed by atoms with van der Waals surface area (Å²) in [4.78, 5) is 7.64. The Morgan fingerprint density at radius 2 is 2.00 bits per heavy atom. The van der Waals surface area contributed by atoms with Gasteiger partial charge in [-0.3, -0.25) is 0 Å². The molecule has 3 rings (SSSR count). The van der Waals surface area contributed by atoms with Crippen LogP contribution in [0.1, 0.15) is 30.6 Å². The van der Waals surface area contributed by atoms with Crippen molar-refractivity contribution in [2.24, 2.45) is 5.73 Å². The molecule has 0 saturated carbocycles. The van der Waals surface area contributed by atoms with E-state index in [4.69, 9.17) is 10.7 Å². The van der Waals surface area contributed by atoms with E-state index >= 15 is 0 Å². The van der Waals surface area contributed by atoms with E-state index in [-0.39, 0.29) is 0 Å². The molecule has 3 nitrogen and oxygen atoms in total. The van der Waals surface area contributed by atoms with Gasteiger partial charge in [0.15, 0.2) is 5.13 Å². The van der Waals surface area contributed by atoms with Crippen molar-refractivity contribution in [2.45, 2.75) is 37.0 Å². The molecule has 118 valence electrons. The summed E-state index contributed by atoms with van der Waals surface area (Å²) >= 11 is 3.77. The number of aromatic nitrogens is 1. The summed E-state index contributed by atoms with van der Waals surface area (Å²) in [6, 6.07) is 8.63. The molecule has 0 bridgehead atoms. The lowest BCUT2D eigenvalue weighted by Crippen LogP contribution is -2.02. The summed E-state index contributed by atoms with van der Waals surface area (Å²) < 4.78 is 0. The zero-order valence-corrected chi connectivity index (χ0v) is 14.4. The van der Waals surface area contributed by atoms with Gasteiger partial charge >= 0.3 is 0 Å². The zero-order chi connectivity index (χ0) is 15.2. The lowest BCUT2D eigenvalue weighted by atomic mass is 10.1. The smallest absolute Gasteiger partial charge is 0.183 e. The topological polar surface area (TPSA) is 50.9 Å². The number of nitrogens with zero attached hydrogens (tertiary/aromatic N) is 1. The van der Waals surface area contributed by atoms with Gasteiger partial charge in [-0.05, 0) is 31.9 Å². The third-order valence-corrected chi connectivity index (χ3v) is 5.98. The summed E-state index contributed by atoms with van der Waals surface area (Å²) in [5, 5.41) is 4.57. The average Bonchev–Trinajstić information content (AvgIpc) is 2.86. The summed E-state index contributed by atoms with van der Waals surface area (Å²) in [5.41, 5.74) is 8.01. The highest BCUT2D eigenvalue weighted by molar-refractivity contribution is 7.99. The highest BCUT2D eigenvalue weighted by atomic mass is 32.2. The van der Waals surface area contributed by atoms with Gasteiger partial charge in [0.1, 0.15) is 0 Å². The van der Waals surface area contributed by atoms with Crippen LogP contribution in [0.15, 0.2) is 29.2 Å². The molecule has 0 amide bonds. The molecule has 0 unspecified atom stereocenters. The predicted octanol–water partition coefficient (Wildman–Crippen LogP) is 4.39. The van der Waals surface area contributed by atoms with Crippen LogP contribution in [0.3, 0.4) is 0 Å². The largest absolute Gasteiger partial charge is 0.361 e. The number of hydrogen-bond acceptors (Lipinski definition) is 5. The Labute approximate surface area is 140 Å². The molecule has 5 heteroatoms. The molecule has 0 atom stereocenters. The lowest BCUT2D eigenvalue weighted by Gasteiger charge is -2.04. The van der Waals surface area contributed by atoms with E-state index in [0.29, 0.717) is 0 Å². The molecule has 2 heterocycles. The van der Waals surface area contributed by atoms with Crippen molar-refractivity contribution in [3.8, 4) is 11.3 Å². The van der Waals surface area contributed by atoms with Crippen LogP contribution >= 0.6 is 23.1 Å². The van der Waals surface area contributed by atoms with Crippen LogP contribution in [0.25, 0.3) is 11.3 Å². The second-order valence-corrected chi connectivity index (χ2v) is 7.74. The molecule has 0 fully saturated rings. The lowest BCUT2D eigenvalue weighted by molar-refractivity contribution is 0.661. The molecule has 1 aliphatic rings. The van der Waals surface area contributed by atoms with Gasteiger partial charge in [0.25, 0.3) is 0 Å². The first-order chi connectivity index (χ1) is 10.9. The summed E-state index contributed by atoms with van der Waals surface area (Å²) in [6.45, 7) is 1.82. The van der Waals surface area contributed by atoms with Crippen LogP contribution in [-0.4, -0.2) is 23.8 Å². The van der Waals surface area contributed by atoms with Crippen LogP contribution in [0.2, 0.25) is 0 Å². The average molecular weight is 334 g/mol. The number of fused-ring (bicyclic) bond motifs is 3. The molecule has 2 aromatic rings. The van der Waals surface area contributed by atoms with E-state index in [9.17, 15) is 0 Å². The van der Waals surface area contributed by atoms with Gasteiger partial charge in [0.2, 0.25) is 0 Å². The van der Waals surface area contributed by atoms with Gasteiger partial charge in [-0.1, -0.05) is 31.0 Å². The maximum absolute atomic E-state index is 5.52. The summed E-state index contributed by atoms with van der Waals surface area (Å²) in [7, 11) is 0. The number of rotatable bonds is 7. The second-order valence-electron chi connectivity index (χ2n) is 5.52. The minimum absolute atomic E-state index is 0.810. The van der Waals surface area contributed by atoms with E-state index in [1.807, 2.05) is 23.1 Å². The number of hydrogen-bond donors (Lipinski definition) is 2. The molecule has 0 saturated heterocycles. The Bertz CT molecular complexity index is 610. The fraction of sp³-hybridized carbons (Fsp3) is 0.471. The third kappa shape index (κ3) is 3.83. The van der Waals surface area contributed by atoms with Gasteiger partial charge in [0, 0.05) is 27.6 Å². The molecule has 0 aliphatic carbocycles. The number of nitrogens with two attached hydrogens (primary N) is 1. The molecule has 0 radical (unpaired) electrons. The Morgan fingerprint density at radius 3 is 2.91 bits per heavy atom. The van der Waals surface area contributed by atoms with E-state index in [0.717, 1.165) is 36.8 Å². The zero-order valence-electron chi connectivity index (χ0n) is 12.8. The van der Waals surface area contributed by atoms with Crippen molar-refractivity contribution in [1.29, 1.82) is 0 Å². The number of aryl methyl sites for hydroxylation is 1. The monoisotopic (exact) mass is 333 g/mol. The van der Waals surface area contributed by atoms with E-state index in [2.05, 4.69) is 29.6 Å². The molecule has 1 aromatic carbocycles. The fourth-order valence-corrected chi connectivity index (χ4v) is 4.82. The van der Waals surface area contributed by atoms with Crippen LogP contribution in [-0.2, 0) is 6.42 Å². The molecule has 3 N–H and O–H groups in total. The molecular formula is C17H23N3S2. The Balaban J connectivity index is 1.63. The molecule has 0 spiro atoms.